The second kappa shape index (κ2) is 7.22. The first-order chi connectivity index (χ1) is 10.5. The summed E-state index contributed by atoms with van der Waals surface area (Å²) in [5.74, 6) is 0.659. The Labute approximate surface area is 135 Å². The van der Waals surface area contributed by atoms with Crippen LogP contribution in [0.2, 0.25) is 0 Å². The van der Waals surface area contributed by atoms with Crippen molar-refractivity contribution in [2.75, 3.05) is 19.5 Å². The van der Waals surface area contributed by atoms with Crippen molar-refractivity contribution in [1.29, 1.82) is 0 Å². The minimum absolute atomic E-state index is 0.131. The highest BCUT2D eigenvalue weighted by Crippen LogP contribution is 2.28. The number of hydrogen-bond acceptors (Lipinski definition) is 4. The first kappa shape index (κ1) is 16.2. The van der Waals surface area contributed by atoms with Crippen LogP contribution in [0.4, 0.5) is 10.2 Å². The average molecular weight is 369 g/mol. The van der Waals surface area contributed by atoms with E-state index in [0.717, 1.165) is 11.8 Å². The molecule has 0 spiro atoms. The van der Waals surface area contributed by atoms with E-state index in [-0.39, 0.29) is 18.1 Å². The van der Waals surface area contributed by atoms with E-state index < -0.39 is 5.82 Å². The molecule has 116 valence electrons. The molecule has 0 aliphatic rings. The van der Waals surface area contributed by atoms with Gasteiger partial charge in [0.25, 0.3) is 0 Å². The maximum Gasteiger partial charge on any atom is 0.229 e. The molecule has 2 rings (SSSR count). The van der Waals surface area contributed by atoms with Crippen LogP contribution >= 0.6 is 15.9 Å². The molecule has 7 heteroatoms. The van der Waals surface area contributed by atoms with Crippen LogP contribution in [0.1, 0.15) is 5.56 Å². The molecule has 2 aromatic rings. The summed E-state index contributed by atoms with van der Waals surface area (Å²) in [6, 6.07) is 6.46. The van der Waals surface area contributed by atoms with Crippen LogP contribution in [0.3, 0.4) is 0 Å². The Hall–Kier alpha value is -2.15. The van der Waals surface area contributed by atoms with Gasteiger partial charge >= 0.3 is 0 Å². The molecule has 0 saturated heterocycles. The van der Waals surface area contributed by atoms with Crippen LogP contribution in [0.15, 0.2) is 34.9 Å². The number of hydrogen-bond donors (Lipinski definition) is 1. The number of anilines is 1. The van der Waals surface area contributed by atoms with Gasteiger partial charge in [0.05, 0.1) is 31.3 Å². The molecule has 5 nitrogen and oxygen atoms in total. The van der Waals surface area contributed by atoms with Crippen molar-refractivity contribution in [3.8, 4) is 11.5 Å². The summed E-state index contributed by atoms with van der Waals surface area (Å²) in [6.07, 6.45) is 1.17. The molecule has 0 unspecified atom stereocenters. The molecular weight excluding hydrogens is 355 g/mol. The summed E-state index contributed by atoms with van der Waals surface area (Å²) in [6.45, 7) is 0. The van der Waals surface area contributed by atoms with Gasteiger partial charge in [0.1, 0.15) is 11.6 Å². The molecule has 0 aliphatic carbocycles. The first-order valence-electron chi connectivity index (χ1n) is 6.35. The van der Waals surface area contributed by atoms with Crippen LogP contribution in [0, 0.1) is 5.82 Å². The Morgan fingerprint density at radius 1 is 1.27 bits per heavy atom. The fourth-order valence-corrected chi connectivity index (χ4v) is 2.28. The number of rotatable bonds is 5. The van der Waals surface area contributed by atoms with Gasteiger partial charge in [0.2, 0.25) is 5.91 Å². The second-order valence-corrected chi connectivity index (χ2v) is 5.25. The largest absolute Gasteiger partial charge is 0.493 e. The Bertz CT molecular complexity index is 694. The lowest BCUT2D eigenvalue weighted by Gasteiger charge is -2.10. The smallest absolute Gasteiger partial charge is 0.229 e. The molecule has 1 N–H and O–H groups in total. The highest BCUT2D eigenvalue weighted by atomic mass is 79.9. The van der Waals surface area contributed by atoms with E-state index in [1.54, 1.807) is 25.3 Å². The minimum Gasteiger partial charge on any atom is -0.493 e. The van der Waals surface area contributed by atoms with E-state index in [9.17, 15) is 9.18 Å². The molecule has 1 amide bonds. The van der Waals surface area contributed by atoms with E-state index in [1.807, 2.05) is 0 Å². The summed E-state index contributed by atoms with van der Waals surface area (Å²) >= 11 is 3.15. The van der Waals surface area contributed by atoms with E-state index in [0.29, 0.717) is 16.0 Å². The van der Waals surface area contributed by atoms with Gasteiger partial charge in [-0.2, -0.15) is 0 Å². The van der Waals surface area contributed by atoms with E-state index in [4.69, 9.17) is 9.47 Å². The fraction of sp³-hybridized carbons (Fsp3) is 0.200. The SMILES string of the molecule is COc1ccc(CC(=O)Nc2ncc(F)cc2Br)cc1OC. The normalized spacial score (nSPS) is 10.2. The number of nitrogens with one attached hydrogen (secondary N) is 1. The molecule has 1 heterocycles. The minimum atomic E-state index is -0.482. The Balaban J connectivity index is 2.08. The number of nitrogens with zero attached hydrogens (tertiary/aromatic N) is 1. The van der Waals surface area contributed by atoms with Gasteiger partial charge in [-0.1, -0.05) is 6.07 Å². The maximum absolute atomic E-state index is 13.0. The topological polar surface area (TPSA) is 60.5 Å². The van der Waals surface area contributed by atoms with E-state index >= 15 is 0 Å². The molecular formula is C15H14BrFN2O3. The molecule has 1 aromatic carbocycles. The number of carbonyl (C=O) groups is 1. The summed E-state index contributed by atoms with van der Waals surface area (Å²) in [5.41, 5.74) is 0.758. The van der Waals surface area contributed by atoms with Crippen LogP contribution in [0.25, 0.3) is 0 Å². The van der Waals surface area contributed by atoms with E-state index in [1.165, 1.54) is 13.2 Å². The van der Waals surface area contributed by atoms with Gasteiger partial charge in [-0.3, -0.25) is 4.79 Å². The Morgan fingerprint density at radius 2 is 2.00 bits per heavy atom. The lowest BCUT2D eigenvalue weighted by atomic mass is 10.1. The van der Waals surface area contributed by atoms with Crippen molar-refractivity contribution < 1.29 is 18.7 Å². The maximum atomic E-state index is 13.0. The molecule has 0 atom stereocenters. The van der Waals surface area contributed by atoms with Gasteiger partial charge in [-0.05, 0) is 39.7 Å². The molecule has 0 bridgehead atoms. The van der Waals surface area contributed by atoms with Gasteiger partial charge in [0, 0.05) is 0 Å². The number of aromatic nitrogens is 1. The van der Waals surface area contributed by atoms with Crippen LogP contribution < -0.4 is 14.8 Å². The van der Waals surface area contributed by atoms with Crippen molar-refractivity contribution >= 4 is 27.7 Å². The molecule has 0 saturated carbocycles. The van der Waals surface area contributed by atoms with Crippen molar-refractivity contribution in [2.24, 2.45) is 0 Å². The van der Waals surface area contributed by atoms with Gasteiger partial charge in [-0.25, -0.2) is 9.37 Å². The number of benzene rings is 1. The van der Waals surface area contributed by atoms with Crippen molar-refractivity contribution in [3.05, 3.63) is 46.3 Å². The van der Waals surface area contributed by atoms with Crippen LogP contribution in [-0.2, 0) is 11.2 Å². The summed E-state index contributed by atoms with van der Waals surface area (Å²) in [5, 5.41) is 2.62. The van der Waals surface area contributed by atoms with Crippen molar-refractivity contribution in [1.82, 2.24) is 4.98 Å². The third-order valence-corrected chi connectivity index (χ3v) is 3.48. The van der Waals surface area contributed by atoms with Crippen LogP contribution in [0.5, 0.6) is 11.5 Å². The Kier molecular flexibility index (Phi) is 5.32. The number of methoxy groups -OCH3 is 2. The monoisotopic (exact) mass is 368 g/mol. The van der Waals surface area contributed by atoms with Gasteiger partial charge < -0.3 is 14.8 Å². The number of pyridine rings is 1. The van der Waals surface area contributed by atoms with E-state index in [2.05, 4.69) is 26.2 Å². The Morgan fingerprint density at radius 3 is 2.64 bits per heavy atom. The number of carbonyl (C=O) groups excluding carboxylic acids is 1. The zero-order chi connectivity index (χ0) is 16.1. The van der Waals surface area contributed by atoms with Gasteiger partial charge in [0.15, 0.2) is 11.5 Å². The third kappa shape index (κ3) is 3.94. The van der Waals surface area contributed by atoms with Crippen molar-refractivity contribution in [2.45, 2.75) is 6.42 Å². The number of halogens is 2. The molecule has 1 aromatic heterocycles. The summed E-state index contributed by atoms with van der Waals surface area (Å²) in [7, 11) is 3.07. The summed E-state index contributed by atoms with van der Waals surface area (Å²) in [4.78, 5) is 15.9. The fourth-order valence-electron chi connectivity index (χ4n) is 1.86. The predicted molar refractivity (Wildman–Crippen MR) is 83.8 cm³/mol. The zero-order valence-electron chi connectivity index (χ0n) is 12.0. The summed E-state index contributed by atoms with van der Waals surface area (Å²) < 4.78 is 23.7. The highest BCUT2D eigenvalue weighted by molar-refractivity contribution is 9.10. The number of ether oxygens (including phenoxy) is 2. The highest BCUT2D eigenvalue weighted by Gasteiger charge is 2.11. The standard InChI is InChI=1S/C15H14BrFN2O3/c1-21-12-4-3-9(5-13(12)22-2)6-14(20)19-15-11(16)7-10(17)8-18-15/h3-5,7-8H,6H2,1-2H3,(H,18,19,20). The predicted octanol–water partition coefficient (Wildman–Crippen LogP) is 3.18. The average Bonchev–Trinajstić information content (AvgIpc) is 2.50. The van der Waals surface area contributed by atoms with Crippen molar-refractivity contribution in [3.63, 3.8) is 0 Å². The third-order valence-electron chi connectivity index (χ3n) is 2.88. The quantitative estimate of drug-likeness (QED) is 0.880. The van der Waals surface area contributed by atoms with Crippen LogP contribution in [-0.4, -0.2) is 25.1 Å². The lowest BCUT2D eigenvalue weighted by Crippen LogP contribution is -2.15. The lowest BCUT2D eigenvalue weighted by molar-refractivity contribution is -0.115. The molecule has 0 radical (unpaired) electrons. The molecule has 22 heavy (non-hydrogen) atoms. The molecule has 0 aliphatic heterocycles. The first-order valence-corrected chi connectivity index (χ1v) is 7.14. The number of amides is 1. The second-order valence-electron chi connectivity index (χ2n) is 4.40. The zero-order valence-corrected chi connectivity index (χ0v) is 13.6. The van der Waals surface area contributed by atoms with Gasteiger partial charge in [-0.15, -0.1) is 0 Å². The molecule has 0 fully saturated rings.